The first-order valence-electron chi connectivity index (χ1n) is 16.6. The lowest BCUT2D eigenvalue weighted by molar-refractivity contribution is 0.0887. The van der Waals surface area contributed by atoms with E-state index >= 15 is 0 Å². The van der Waals surface area contributed by atoms with Gasteiger partial charge in [-0.2, -0.15) is 5.26 Å². The SMILES string of the molecule is N#Cc1cnc2c(Cl)cc(NC(c3cc(F)c(F)c(F)c3)c3cn(C4CCN(C(=O)O)C(Cc5ccccc5)C4)nn3)cc2c1Nc1ccc(F)c(Cl)c1. The van der Waals surface area contributed by atoms with E-state index in [-0.39, 0.29) is 51.2 Å². The Labute approximate surface area is 315 Å². The van der Waals surface area contributed by atoms with Crippen molar-refractivity contribution in [2.75, 3.05) is 17.2 Å². The Kier molecular flexibility index (Phi) is 10.3. The molecule has 16 heteroatoms. The molecule has 0 radical (unpaired) electrons. The third kappa shape index (κ3) is 7.46. The molecular weight excluding hydrogens is 747 g/mol. The van der Waals surface area contributed by atoms with Crippen LogP contribution in [0.25, 0.3) is 10.9 Å². The molecule has 3 unspecified atom stereocenters. The number of carboxylic acid groups (broad SMARTS) is 1. The van der Waals surface area contributed by atoms with Crippen molar-refractivity contribution in [3.8, 4) is 6.07 Å². The van der Waals surface area contributed by atoms with Gasteiger partial charge in [-0.25, -0.2) is 27.0 Å². The molecular formula is C38H28Cl2F4N8O2. The van der Waals surface area contributed by atoms with Gasteiger partial charge in [0.1, 0.15) is 17.6 Å². The molecule has 4 aromatic carbocycles. The number of hydrogen-bond acceptors (Lipinski definition) is 7. The number of rotatable bonds is 9. The molecule has 3 N–H and O–H groups in total. The van der Waals surface area contributed by atoms with Crippen molar-refractivity contribution in [3.63, 3.8) is 0 Å². The van der Waals surface area contributed by atoms with Gasteiger partial charge >= 0.3 is 6.09 Å². The largest absolute Gasteiger partial charge is 0.465 e. The number of likely N-dealkylation sites (tertiary alicyclic amines) is 1. The lowest BCUT2D eigenvalue weighted by atomic mass is 9.92. The zero-order valence-corrected chi connectivity index (χ0v) is 29.5. The summed E-state index contributed by atoms with van der Waals surface area (Å²) in [6.07, 6.45) is 3.24. The average molecular weight is 776 g/mol. The molecule has 1 aliphatic heterocycles. The number of piperidine rings is 1. The maximum Gasteiger partial charge on any atom is 0.407 e. The fraction of sp³-hybridized carbons (Fsp3) is 0.184. The van der Waals surface area contributed by atoms with Crippen LogP contribution in [-0.4, -0.2) is 48.7 Å². The van der Waals surface area contributed by atoms with Crippen molar-refractivity contribution in [2.45, 2.75) is 37.4 Å². The summed E-state index contributed by atoms with van der Waals surface area (Å²) in [7, 11) is 0. The van der Waals surface area contributed by atoms with E-state index in [0.717, 1.165) is 23.8 Å². The highest BCUT2D eigenvalue weighted by Gasteiger charge is 2.34. The molecule has 0 aliphatic carbocycles. The van der Waals surface area contributed by atoms with Crippen molar-refractivity contribution in [3.05, 3.63) is 141 Å². The van der Waals surface area contributed by atoms with Gasteiger partial charge in [0.2, 0.25) is 0 Å². The molecule has 7 rings (SSSR count). The number of nitrogens with zero attached hydrogens (tertiary/aromatic N) is 6. The smallest absolute Gasteiger partial charge is 0.407 e. The van der Waals surface area contributed by atoms with Crippen LogP contribution < -0.4 is 10.6 Å². The lowest BCUT2D eigenvalue weighted by Gasteiger charge is -2.37. The molecule has 3 heterocycles. The second-order valence-electron chi connectivity index (χ2n) is 12.8. The number of hydrogen-bond donors (Lipinski definition) is 3. The monoisotopic (exact) mass is 774 g/mol. The Morgan fingerprint density at radius 3 is 2.43 bits per heavy atom. The van der Waals surface area contributed by atoms with Gasteiger partial charge in [0.15, 0.2) is 17.5 Å². The number of amides is 1. The van der Waals surface area contributed by atoms with E-state index in [0.29, 0.717) is 41.5 Å². The quantitative estimate of drug-likeness (QED) is 0.0978. The summed E-state index contributed by atoms with van der Waals surface area (Å²) in [4.78, 5) is 17.9. The number of anilines is 3. The van der Waals surface area contributed by atoms with E-state index in [2.05, 4.69) is 32.0 Å². The molecule has 2 aromatic heterocycles. The highest BCUT2D eigenvalue weighted by Crippen LogP contribution is 2.38. The highest BCUT2D eigenvalue weighted by molar-refractivity contribution is 6.36. The third-order valence-corrected chi connectivity index (χ3v) is 9.91. The van der Waals surface area contributed by atoms with Crippen molar-refractivity contribution >= 4 is 57.3 Å². The fourth-order valence-corrected chi connectivity index (χ4v) is 7.17. The molecule has 3 atom stereocenters. The van der Waals surface area contributed by atoms with Crippen molar-refractivity contribution in [1.82, 2.24) is 24.9 Å². The first-order chi connectivity index (χ1) is 26.0. The van der Waals surface area contributed by atoms with Crippen LogP contribution in [0.4, 0.5) is 39.4 Å². The molecule has 1 saturated heterocycles. The number of aromatic nitrogens is 4. The van der Waals surface area contributed by atoms with Gasteiger partial charge in [-0.3, -0.25) is 4.98 Å². The fourth-order valence-electron chi connectivity index (χ4n) is 6.72. The van der Waals surface area contributed by atoms with E-state index in [9.17, 15) is 32.7 Å². The molecule has 1 amide bonds. The topological polar surface area (TPSA) is 132 Å². The number of carbonyl (C=O) groups is 1. The molecule has 1 aliphatic rings. The van der Waals surface area contributed by atoms with Crippen LogP contribution in [0.5, 0.6) is 0 Å². The van der Waals surface area contributed by atoms with Gasteiger partial charge in [0.05, 0.1) is 45.1 Å². The predicted octanol–water partition coefficient (Wildman–Crippen LogP) is 9.43. The molecule has 6 aromatic rings. The van der Waals surface area contributed by atoms with Crippen LogP contribution in [0, 0.1) is 34.6 Å². The van der Waals surface area contributed by atoms with Crippen LogP contribution in [0.3, 0.4) is 0 Å². The van der Waals surface area contributed by atoms with Crippen LogP contribution in [-0.2, 0) is 6.42 Å². The molecule has 10 nitrogen and oxygen atoms in total. The number of nitrogens with one attached hydrogen (secondary N) is 2. The summed E-state index contributed by atoms with van der Waals surface area (Å²) in [6, 6.07) is 18.6. The Hall–Kier alpha value is -5.91. The minimum Gasteiger partial charge on any atom is -0.465 e. The first kappa shape index (κ1) is 36.4. The van der Waals surface area contributed by atoms with Gasteiger partial charge in [-0.05, 0) is 72.9 Å². The van der Waals surface area contributed by atoms with E-state index in [4.69, 9.17) is 23.2 Å². The van der Waals surface area contributed by atoms with E-state index < -0.39 is 35.4 Å². The van der Waals surface area contributed by atoms with E-state index in [1.54, 1.807) is 16.9 Å². The number of fused-ring (bicyclic) bond motifs is 1. The minimum absolute atomic E-state index is 0.0273. The molecule has 0 bridgehead atoms. The predicted molar refractivity (Wildman–Crippen MR) is 195 cm³/mol. The van der Waals surface area contributed by atoms with Gasteiger partial charge in [0.25, 0.3) is 0 Å². The number of benzene rings is 4. The average Bonchev–Trinajstić information content (AvgIpc) is 3.65. The van der Waals surface area contributed by atoms with Gasteiger partial charge < -0.3 is 20.6 Å². The van der Waals surface area contributed by atoms with Crippen molar-refractivity contribution in [1.29, 1.82) is 5.26 Å². The lowest BCUT2D eigenvalue weighted by Crippen LogP contribution is -2.47. The number of pyridine rings is 1. The van der Waals surface area contributed by atoms with Crippen LogP contribution in [0.2, 0.25) is 10.0 Å². The standard InChI is InChI=1S/C38H28Cl2F4N8O2/c39-28-14-23(6-7-30(28)41)47-35-22(17-45)18-46-37-27(35)13-24(15-29(37)40)48-36(21-11-31(42)34(44)32(43)12-21)33-19-52(50-49-33)25-8-9-51(38(53)54)26(16-25)10-20-4-2-1-3-5-20/h1-7,11-15,18-19,25-26,36,48H,8-10,16H2,(H,46,47)(H,53,54). The Balaban J connectivity index is 1.26. The van der Waals surface area contributed by atoms with Gasteiger partial charge in [-0.1, -0.05) is 58.7 Å². The minimum atomic E-state index is -1.64. The second-order valence-corrected chi connectivity index (χ2v) is 13.6. The summed E-state index contributed by atoms with van der Waals surface area (Å²) < 4.78 is 59.1. The van der Waals surface area contributed by atoms with Crippen molar-refractivity contribution in [2.24, 2.45) is 0 Å². The molecule has 1 fully saturated rings. The van der Waals surface area contributed by atoms with Crippen LogP contribution in [0.15, 0.2) is 85.2 Å². The number of halogens is 6. The zero-order valence-electron chi connectivity index (χ0n) is 27.9. The van der Waals surface area contributed by atoms with Crippen LogP contribution in [0.1, 0.15) is 47.3 Å². The van der Waals surface area contributed by atoms with Crippen molar-refractivity contribution < 1.29 is 27.5 Å². The summed E-state index contributed by atoms with van der Waals surface area (Å²) in [6.45, 7) is 0.248. The molecule has 0 saturated carbocycles. The second kappa shape index (κ2) is 15.2. The third-order valence-electron chi connectivity index (χ3n) is 9.33. The van der Waals surface area contributed by atoms with Gasteiger partial charge in [-0.15, -0.1) is 5.10 Å². The normalized spacial score (nSPS) is 16.2. The van der Waals surface area contributed by atoms with Crippen LogP contribution >= 0.6 is 23.2 Å². The van der Waals surface area contributed by atoms with Gasteiger partial charge in [0, 0.05) is 35.5 Å². The Morgan fingerprint density at radius 2 is 1.72 bits per heavy atom. The number of nitriles is 1. The maximum absolute atomic E-state index is 14.7. The molecule has 54 heavy (non-hydrogen) atoms. The molecule has 0 spiro atoms. The molecule has 274 valence electrons. The summed E-state index contributed by atoms with van der Waals surface area (Å²) >= 11 is 12.7. The summed E-state index contributed by atoms with van der Waals surface area (Å²) in [5.74, 6) is -5.11. The maximum atomic E-state index is 14.7. The first-order valence-corrected chi connectivity index (χ1v) is 17.3. The Bertz CT molecular complexity index is 2400. The highest BCUT2D eigenvalue weighted by atomic mass is 35.5. The van der Waals surface area contributed by atoms with E-state index in [1.807, 2.05) is 30.3 Å². The summed E-state index contributed by atoms with van der Waals surface area (Å²) in [5.41, 5.74) is 2.52. The summed E-state index contributed by atoms with van der Waals surface area (Å²) in [5, 5.41) is 35.2. The van der Waals surface area contributed by atoms with E-state index in [1.165, 1.54) is 29.3 Å². The zero-order chi connectivity index (χ0) is 38.1. The Morgan fingerprint density at radius 1 is 0.981 bits per heavy atom.